The first-order chi connectivity index (χ1) is 6.65. The average Bonchev–Trinajstić information content (AvgIpc) is 2.14. The van der Waals surface area contributed by atoms with Crippen molar-refractivity contribution in [2.24, 2.45) is 0 Å². The van der Waals surface area contributed by atoms with Crippen LogP contribution in [0.5, 0.6) is 0 Å². The van der Waals surface area contributed by atoms with E-state index in [0.717, 1.165) is 0 Å². The highest BCUT2D eigenvalue weighted by Crippen LogP contribution is 2.20. The molecular formula is C9H9Cl2NO2. The molecule has 0 radical (unpaired) electrons. The molecule has 1 amide bonds. The molecule has 1 aromatic rings. The zero-order valence-electron chi connectivity index (χ0n) is 7.26. The minimum Gasteiger partial charge on any atom is -0.395 e. The molecule has 0 unspecified atom stereocenters. The van der Waals surface area contributed by atoms with Gasteiger partial charge < -0.3 is 10.4 Å². The van der Waals surface area contributed by atoms with E-state index in [9.17, 15) is 4.79 Å². The number of carbonyl (C=O) groups excluding carboxylic acids is 1. The molecule has 0 aromatic heterocycles. The lowest BCUT2D eigenvalue weighted by atomic mass is 10.2. The Balaban J connectivity index is 2.80. The third-order valence-electron chi connectivity index (χ3n) is 1.57. The number of aliphatic hydroxyl groups is 1. The highest BCUT2D eigenvalue weighted by Gasteiger charge is 2.09. The normalized spacial score (nSPS) is 9.93. The standard InChI is InChI=1S/C9H9Cl2NO2/c10-6-1-2-7(8(11)5-6)9(14)12-3-4-13/h1-2,5,13H,3-4H2,(H,12,14). The minimum atomic E-state index is -0.319. The monoisotopic (exact) mass is 233 g/mol. The second kappa shape index (κ2) is 5.20. The van der Waals surface area contributed by atoms with E-state index in [2.05, 4.69) is 5.32 Å². The van der Waals surface area contributed by atoms with Gasteiger partial charge >= 0.3 is 0 Å². The van der Waals surface area contributed by atoms with Crippen molar-refractivity contribution in [3.05, 3.63) is 33.8 Å². The van der Waals surface area contributed by atoms with Crippen LogP contribution in [0.15, 0.2) is 18.2 Å². The van der Waals surface area contributed by atoms with Gasteiger partial charge in [0.15, 0.2) is 0 Å². The van der Waals surface area contributed by atoms with Crippen molar-refractivity contribution in [3.63, 3.8) is 0 Å². The largest absolute Gasteiger partial charge is 0.395 e. The fourth-order valence-corrected chi connectivity index (χ4v) is 1.43. The Labute approximate surface area is 91.6 Å². The summed E-state index contributed by atoms with van der Waals surface area (Å²) in [5, 5.41) is 11.8. The first kappa shape index (κ1) is 11.3. The van der Waals surface area contributed by atoms with E-state index < -0.39 is 0 Å². The molecular weight excluding hydrogens is 225 g/mol. The number of benzene rings is 1. The van der Waals surface area contributed by atoms with Crippen molar-refractivity contribution in [1.29, 1.82) is 0 Å². The average molecular weight is 234 g/mol. The second-order valence-corrected chi connectivity index (χ2v) is 3.45. The molecule has 0 fully saturated rings. The van der Waals surface area contributed by atoms with Gasteiger partial charge in [0.2, 0.25) is 0 Å². The van der Waals surface area contributed by atoms with E-state index in [1.165, 1.54) is 12.1 Å². The summed E-state index contributed by atoms with van der Waals surface area (Å²) in [5.74, 6) is -0.319. The summed E-state index contributed by atoms with van der Waals surface area (Å²) < 4.78 is 0. The van der Waals surface area contributed by atoms with Gasteiger partial charge in [-0.3, -0.25) is 4.79 Å². The summed E-state index contributed by atoms with van der Waals surface area (Å²) in [5.41, 5.74) is 0.351. The van der Waals surface area contributed by atoms with Gasteiger partial charge in [0.1, 0.15) is 0 Å². The second-order valence-electron chi connectivity index (χ2n) is 2.60. The zero-order chi connectivity index (χ0) is 10.6. The third-order valence-corrected chi connectivity index (χ3v) is 2.12. The molecule has 0 heterocycles. The van der Waals surface area contributed by atoms with Gasteiger partial charge in [-0.1, -0.05) is 23.2 Å². The van der Waals surface area contributed by atoms with Crippen LogP contribution in [0.4, 0.5) is 0 Å². The summed E-state index contributed by atoms with van der Waals surface area (Å²) in [4.78, 5) is 11.4. The smallest absolute Gasteiger partial charge is 0.252 e. The van der Waals surface area contributed by atoms with Gasteiger partial charge in [-0.15, -0.1) is 0 Å². The molecule has 76 valence electrons. The molecule has 0 saturated carbocycles. The molecule has 0 saturated heterocycles. The van der Waals surface area contributed by atoms with Crippen LogP contribution in [-0.2, 0) is 0 Å². The molecule has 14 heavy (non-hydrogen) atoms. The molecule has 2 N–H and O–H groups in total. The first-order valence-corrected chi connectivity index (χ1v) is 4.75. The molecule has 0 spiro atoms. The maximum absolute atomic E-state index is 11.4. The summed E-state index contributed by atoms with van der Waals surface area (Å²) in [7, 11) is 0. The first-order valence-electron chi connectivity index (χ1n) is 3.99. The molecule has 0 atom stereocenters. The summed E-state index contributed by atoms with van der Waals surface area (Å²) in [6.45, 7) is 0.106. The summed E-state index contributed by atoms with van der Waals surface area (Å²) in [6.07, 6.45) is 0. The van der Waals surface area contributed by atoms with Gasteiger partial charge in [0.25, 0.3) is 5.91 Å². The van der Waals surface area contributed by atoms with E-state index >= 15 is 0 Å². The summed E-state index contributed by atoms with van der Waals surface area (Å²) >= 11 is 11.5. The van der Waals surface area contributed by atoms with Crippen LogP contribution in [-0.4, -0.2) is 24.2 Å². The highest BCUT2D eigenvalue weighted by molar-refractivity contribution is 6.36. The lowest BCUT2D eigenvalue weighted by molar-refractivity contribution is 0.0945. The Morgan fingerprint density at radius 3 is 2.71 bits per heavy atom. The van der Waals surface area contributed by atoms with Crippen LogP contribution >= 0.6 is 23.2 Å². The van der Waals surface area contributed by atoms with Crippen LogP contribution in [0.25, 0.3) is 0 Å². The Bertz CT molecular complexity index is 342. The minimum absolute atomic E-state index is 0.100. The van der Waals surface area contributed by atoms with Crippen LogP contribution in [0.1, 0.15) is 10.4 Å². The predicted octanol–water partition coefficient (Wildman–Crippen LogP) is 1.72. The van der Waals surface area contributed by atoms with E-state index in [-0.39, 0.29) is 19.1 Å². The van der Waals surface area contributed by atoms with Crippen molar-refractivity contribution in [2.75, 3.05) is 13.2 Å². The quantitative estimate of drug-likeness (QED) is 0.836. The Morgan fingerprint density at radius 1 is 1.43 bits per heavy atom. The van der Waals surface area contributed by atoms with E-state index in [1.807, 2.05) is 0 Å². The van der Waals surface area contributed by atoms with Crippen molar-refractivity contribution in [3.8, 4) is 0 Å². The molecule has 1 aromatic carbocycles. The summed E-state index contributed by atoms with van der Waals surface area (Å²) in [6, 6.07) is 4.62. The molecule has 5 heteroatoms. The van der Waals surface area contributed by atoms with E-state index in [1.54, 1.807) is 6.07 Å². The number of amides is 1. The fourth-order valence-electron chi connectivity index (χ4n) is 0.938. The van der Waals surface area contributed by atoms with Gasteiger partial charge in [-0.2, -0.15) is 0 Å². The van der Waals surface area contributed by atoms with Crippen molar-refractivity contribution >= 4 is 29.1 Å². The lowest BCUT2D eigenvalue weighted by Gasteiger charge is -2.04. The molecule has 0 bridgehead atoms. The van der Waals surface area contributed by atoms with Crippen molar-refractivity contribution in [2.45, 2.75) is 0 Å². The third kappa shape index (κ3) is 2.87. The van der Waals surface area contributed by atoms with Crippen LogP contribution in [0, 0.1) is 0 Å². The number of aliphatic hydroxyl groups excluding tert-OH is 1. The topological polar surface area (TPSA) is 49.3 Å². The lowest BCUT2D eigenvalue weighted by Crippen LogP contribution is -2.26. The number of hydrogen-bond acceptors (Lipinski definition) is 2. The van der Waals surface area contributed by atoms with E-state index in [0.29, 0.717) is 15.6 Å². The maximum Gasteiger partial charge on any atom is 0.252 e. The number of nitrogens with one attached hydrogen (secondary N) is 1. The zero-order valence-corrected chi connectivity index (χ0v) is 8.77. The van der Waals surface area contributed by atoms with Crippen molar-refractivity contribution < 1.29 is 9.90 Å². The number of hydrogen-bond donors (Lipinski definition) is 2. The predicted molar refractivity (Wildman–Crippen MR) is 55.9 cm³/mol. The molecule has 0 aliphatic heterocycles. The van der Waals surface area contributed by atoms with Gasteiger partial charge in [0, 0.05) is 11.6 Å². The molecule has 1 rings (SSSR count). The van der Waals surface area contributed by atoms with Gasteiger partial charge in [0.05, 0.1) is 17.2 Å². The molecule has 3 nitrogen and oxygen atoms in total. The fraction of sp³-hybridized carbons (Fsp3) is 0.222. The van der Waals surface area contributed by atoms with Crippen molar-refractivity contribution in [1.82, 2.24) is 5.32 Å². The Hall–Kier alpha value is -0.770. The highest BCUT2D eigenvalue weighted by atomic mass is 35.5. The molecule has 0 aliphatic carbocycles. The van der Waals surface area contributed by atoms with Crippen LogP contribution in [0.2, 0.25) is 10.0 Å². The SMILES string of the molecule is O=C(NCCO)c1ccc(Cl)cc1Cl. The van der Waals surface area contributed by atoms with Crippen LogP contribution in [0.3, 0.4) is 0 Å². The van der Waals surface area contributed by atoms with E-state index in [4.69, 9.17) is 28.3 Å². The Kier molecular flexibility index (Phi) is 4.20. The Morgan fingerprint density at radius 2 is 2.14 bits per heavy atom. The maximum atomic E-state index is 11.4. The van der Waals surface area contributed by atoms with Gasteiger partial charge in [-0.25, -0.2) is 0 Å². The number of carbonyl (C=O) groups is 1. The number of halogens is 2. The number of rotatable bonds is 3. The molecule has 0 aliphatic rings. The van der Waals surface area contributed by atoms with Crippen LogP contribution < -0.4 is 5.32 Å². The van der Waals surface area contributed by atoms with Gasteiger partial charge in [-0.05, 0) is 18.2 Å².